The van der Waals surface area contributed by atoms with E-state index in [-0.39, 0.29) is 32.5 Å². The minimum atomic E-state index is -1.86. The second-order valence-corrected chi connectivity index (χ2v) is 28.5. The smallest absolute Gasteiger partial charge is 0.237 e. The van der Waals surface area contributed by atoms with Gasteiger partial charge in [-0.3, -0.25) is 0 Å². The fraction of sp³-hybridized carbons (Fsp3) is 0.533. The highest BCUT2D eigenvalue weighted by molar-refractivity contribution is 6.74. The molecular formula is C45H64N4O3Si2. The Bertz CT molecular complexity index is 1790. The van der Waals surface area contributed by atoms with Gasteiger partial charge in [0.1, 0.15) is 17.7 Å². The van der Waals surface area contributed by atoms with Crippen LogP contribution in [0.15, 0.2) is 88.4 Å². The van der Waals surface area contributed by atoms with Gasteiger partial charge in [-0.1, -0.05) is 104 Å². The number of rotatable bonds is 13. The van der Waals surface area contributed by atoms with E-state index in [2.05, 4.69) is 140 Å². The van der Waals surface area contributed by atoms with Crippen molar-refractivity contribution in [3.63, 3.8) is 0 Å². The standard InChI is InChI=1S/C45H64N4O3Si2/c1-42(2,3)53(12,13)50-27-25-49(26-28-51-54(14,15)43(4,5)6)38-23-21-34(22-24-38)19-20-36-29-35(30-44(7,8)31-36)17-16-18-39-40(48-11)41(37(32-46)33-47)52-45(39,9)10/h16-24,29H,25-28,30-31H2,1-10,12-15H3. The predicted molar refractivity (Wildman–Crippen MR) is 229 cm³/mol. The zero-order valence-electron chi connectivity index (χ0n) is 35.5. The summed E-state index contributed by atoms with van der Waals surface area (Å²) in [6.45, 7) is 42.0. The molecule has 290 valence electrons. The summed E-state index contributed by atoms with van der Waals surface area (Å²) in [6.07, 6.45) is 14.5. The summed E-state index contributed by atoms with van der Waals surface area (Å²) < 4.78 is 19.1. The van der Waals surface area contributed by atoms with E-state index in [1.54, 1.807) is 0 Å². The Morgan fingerprint density at radius 2 is 1.41 bits per heavy atom. The average molecular weight is 765 g/mol. The normalized spacial score (nSPS) is 18.4. The first kappa shape index (κ1) is 44.5. The topological polar surface area (TPSA) is 82.9 Å². The molecule has 7 nitrogen and oxygen atoms in total. The summed E-state index contributed by atoms with van der Waals surface area (Å²) in [4.78, 5) is 6.04. The average Bonchev–Trinajstić information content (AvgIpc) is 3.30. The minimum absolute atomic E-state index is 0.0606. The van der Waals surface area contributed by atoms with Crippen molar-refractivity contribution in [1.29, 1.82) is 10.5 Å². The van der Waals surface area contributed by atoms with Gasteiger partial charge in [0, 0.05) is 24.4 Å². The first-order valence-electron chi connectivity index (χ1n) is 19.1. The molecule has 0 unspecified atom stereocenters. The molecule has 2 aliphatic rings. The molecule has 0 amide bonds. The van der Waals surface area contributed by atoms with Crippen LogP contribution in [0.2, 0.25) is 36.3 Å². The van der Waals surface area contributed by atoms with Gasteiger partial charge in [-0.15, -0.1) is 0 Å². The van der Waals surface area contributed by atoms with Gasteiger partial charge < -0.3 is 18.5 Å². The zero-order chi connectivity index (χ0) is 40.8. The second-order valence-electron chi connectivity index (χ2n) is 18.9. The molecule has 0 aromatic heterocycles. The second kappa shape index (κ2) is 17.3. The third-order valence-electron chi connectivity index (χ3n) is 11.4. The maximum absolute atomic E-state index is 9.39. The van der Waals surface area contributed by atoms with E-state index < -0.39 is 22.2 Å². The number of ether oxygens (including phenoxy) is 1. The molecule has 0 spiro atoms. The third-order valence-corrected chi connectivity index (χ3v) is 20.4. The molecular weight excluding hydrogens is 701 g/mol. The number of hydrogen-bond donors (Lipinski definition) is 0. The molecule has 0 atom stereocenters. The van der Waals surface area contributed by atoms with Gasteiger partial charge in [0.15, 0.2) is 28.0 Å². The van der Waals surface area contributed by atoms with Crippen LogP contribution >= 0.6 is 0 Å². The quantitative estimate of drug-likeness (QED) is 0.113. The van der Waals surface area contributed by atoms with E-state index >= 15 is 0 Å². The number of anilines is 1. The predicted octanol–water partition coefficient (Wildman–Crippen LogP) is 12.1. The van der Waals surface area contributed by atoms with Crippen LogP contribution in [-0.4, -0.2) is 48.5 Å². The van der Waals surface area contributed by atoms with Gasteiger partial charge in [0.2, 0.25) is 5.70 Å². The maximum Gasteiger partial charge on any atom is 0.237 e. The van der Waals surface area contributed by atoms with Crippen molar-refractivity contribution in [2.24, 2.45) is 5.41 Å². The van der Waals surface area contributed by atoms with E-state index in [9.17, 15) is 10.5 Å². The minimum Gasteiger partial charge on any atom is -0.493 e. The van der Waals surface area contributed by atoms with Crippen molar-refractivity contribution in [2.75, 3.05) is 31.2 Å². The summed E-state index contributed by atoms with van der Waals surface area (Å²) in [5.74, 6) is 0.0606. The fourth-order valence-electron chi connectivity index (χ4n) is 6.07. The number of nitriles is 2. The molecule has 1 aromatic carbocycles. The van der Waals surface area contributed by atoms with Crippen LogP contribution in [0.4, 0.5) is 5.69 Å². The molecule has 0 saturated carbocycles. The van der Waals surface area contributed by atoms with Gasteiger partial charge in [-0.05, 0) is 97.2 Å². The van der Waals surface area contributed by atoms with Gasteiger partial charge >= 0.3 is 0 Å². The fourth-order valence-corrected chi connectivity index (χ4v) is 8.14. The molecule has 0 radical (unpaired) electrons. The van der Waals surface area contributed by atoms with Crippen molar-refractivity contribution in [3.05, 3.63) is 105 Å². The summed E-state index contributed by atoms with van der Waals surface area (Å²) >= 11 is 0. The van der Waals surface area contributed by atoms with Crippen molar-refractivity contribution < 1.29 is 13.6 Å². The van der Waals surface area contributed by atoms with Crippen molar-refractivity contribution in [1.82, 2.24) is 0 Å². The SMILES string of the molecule is [C-]#[N+]C1=C(C=CC=C2C=C(C=Cc3ccc(N(CCO[Si](C)(C)C(C)(C)C)CCO[Si](C)(C)C(C)(C)C)cc3)CC(C)(C)C2)C(C)(C)OC1=C(C#N)C#N. The maximum atomic E-state index is 9.39. The largest absolute Gasteiger partial charge is 0.493 e. The van der Waals surface area contributed by atoms with Crippen LogP contribution in [0.5, 0.6) is 0 Å². The van der Waals surface area contributed by atoms with E-state index in [1.807, 2.05) is 38.1 Å². The molecule has 3 rings (SSSR count). The van der Waals surface area contributed by atoms with Crippen molar-refractivity contribution in [2.45, 2.75) is 124 Å². The third kappa shape index (κ3) is 11.5. The van der Waals surface area contributed by atoms with Crippen molar-refractivity contribution in [3.8, 4) is 12.1 Å². The van der Waals surface area contributed by atoms with Gasteiger partial charge in [-0.2, -0.15) is 10.5 Å². The van der Waals surface area contributed by atoms with E-state index in [0.29, 0.717) is 18.8 Å². The van der Waals surface area contributed by atoms with Crippen LogP contribution in [0.1, 0.15) is 87.6 Å². The molecule has 0 N–H and O–H groups in total. The van der Waals surface area contributed by atoms with Gasteiger partial charge in [0.25, 0.3) is 0 Å². The molecule has 1 aliphatic heterocycles. The van der Waals surface area contributed by atoms with E-state index in [4.69, 9.17) is 20.2 Å². The Morgan fingerprint density at radius 1 is 0.870 bits per heavy atom. The Balaban J connectivity index is 1.82. The number of nitrogens with zero attached hydrogens (tertiary/aromatic N) is 4. The Morgan fingerprint density at radius 3 is 1.89 bits per heavy atom. The Hall–Kier alpha value is -3.92. The molecule has 1 aromatic rings. The monoisotopic (exact) mass is 764 g/mol. The van der Waals surface area contributed by atoms with Crippen LogP contribution in [-0.2, 0) is 13.6 Å². The lowest BCUT2D eigenvalue weighted by atomic mass is 9.75. The number of hydrogen-bond acceptors (Lipinski definition) is 6. The molecule has 0 saturated heterocycles. The lowest BCUT2D eigenvalue weighted by molar-refractivity contribution is 0.0953. The van der Waals surface area contributed by atoms with Gasteiger partial charge in [0.05, 0.1) is 19.8 Å². The molecule has 0 fully saturated rings. The van der Waals surface area contributed by atoms with E-state index in [1.165, 1.54) is 16.8 Å². The van der Waals surface area contributed by atoms with Crippen LogP contribution < -0.4 is 4.90 Å². The van der Waals surface area contributed by atoms with Gasteiger partial charge in [-0.25, -0.2) is 4.85 Å². The lowest BCUT2D eigenvalue weighted by Crippen LogP contribution is -2.44. The lowest BCUT2D eigenvalue weighted by Gasteiger charge is -2.38. The number of benzene rings is 1. The van der Waals surface area contributed by atoms with E-state index in [0.717, 1.165) is 31.5 Å². The molecule has 54 heavy (non-hydrogen) atoms. The molecule has 9 heteroatoms. The Kier molecular flexibility index (Phi) is 14.2. The highest BCUT2D eigenvalue weighted by Crippen LogP contribution is 2.42. The highest BCUT2D eigenvalue weighted by atomic mass is 28.4. The van der Waals surface area contributed by atoms with Crippen molar-refractivity contribution >= 4 is 28.4 Å². The Labute approximate surface area is 329 Å². The highest BCUT2D eigenvalue weighted by Gasteiger charge is 2.40. The van der Waals surface area contributed by atoms with Crippen LogP contribution in [0.3, 0.4) is 0 Å². The first-order valence-corrected chi connectivity index (χ1v) is 24.9. The first-order chi connectivity index (χ1) is 24.9. The molecule has 1 aliphatic carbocycles. The molecule has 0 bridgehead atoms. The summed E-state index contributed by atoms with van der Waals surface area (Å²) in [7, 11) is -3.71. The molecule has 1 heterocycles. The van der Waals surface area contributed by atoms with Crippen LogP contribution in [0, 0.1) is 34.6 Å². The summed E-state index contributed by atoms with van der Waals surface area (Å²) in [5.41, 5.74) is 4.69. The summed E-state index contributed by atoms with van der Waals surface area (Å²) in [6, 6.07) is 12.5. The van der Waals surface area contributed by atoms with Crippen LogP contribution in [0.25, 0.3) is 10.9 Å². The zero-order valence-corrected chi connectivity index (χ0v) is 37.5. The number of allylic oxidation sites excluding steroid dienone is 7. The summed E-state index contributed by atoms with van der Waals surface area (Å²) in [5, 5.41) is 19.1.